The molecule has 4 rings (SSSR count). The molecule has 0 unspecified atom stereocenters. The number of aliphatic hydroxyl groups is 5. The molecule has 200 valence electrons. The van der Waals surface area contributed by atoms with Gasteiger partial charge in [0.15, 0.2) is 29.5 Å². The van der Waals surface area contributed by atoms with E-state index in [4.69, 9.17) is 23.7 Å². The van der Waals surface area contributed by atoms with Crippen molar-refractivity contribution in [3.05, 3.63) is 53.2 Å². The van der Waals surface area contributed by atoms with Gasteiger partial charge in [-0.05, 0) is 24.3 Å². The molecule has 1 saturated heterocycles. The normalized spacial score (nSPS) is 31.5. The summed E-state index contributed by atoms with van der Waals surface area (Å²) in [7, 11) is 1.31. The zero-order chi connectivity index (χ0) is 27.0. The molecule has 1 fully saturated rings. The van der Waals surface area contributed by atoms with Gasteiger partial charge in [0, 0.05) is 18.6 Å². The number of phenolic OH excluding ortho intramolecular Hbond substituents is 1. The summed E-state index contributed by atoms with van der Waals surface area (Å²) in [6.45, 7) is 0.312. The van der Waals surface area contributed by atoms with Gasteiger partial charge in [-0.15, -0.1) is 0 Å². The van der Waals surface area contributed by atoms with E-state index < -0.39 is 72.6 Å². The van der Waals surface area contributed by atoms with Crippen LogP contribution < -0.4 is 4.74 Å². The van der Waals surface area contributed by atoms with Crippen LogP contribution in [0.2, 0.25) is 0 Å². The second kappa shape index (κ2) is 10.3. The number of methoxy groups -OCH3 is 1. The molecule has 3 aliphatic rings. The van der Waals surface area contributed by atoms with Crippen molar-refractivity contribution >= 4 is 17.5 Å². The molecular weight excluding hydrogens is 496 g/mol. The van der Waals surface area contributed by atoms with Crippen molar-refractivity contribution in [2.24, 2.45) is 5.92 Å². The lowest BCUT2D eigenvalue weighted by molar-refractivity contribution is -0.294. The van der Waals surface area contributed by atoms with Gasteiger partial charge in [-0.1, -0.05) is 0 Å². The van der Waals surface area contributed by atoms with Crippen LogP contribution in [0.25, 0.3) is 5.76 Å². The molecular formula is C24H26O13. The number of aliphatic hydroxyl groups excluding tert-OH is 5. The SMILES string of the molecule is COc1cc(C2=C(O[C@@H]3O[C@H](CO)[C@@H](O)[C@H](OC(C)=O)[C@H]3O)C(=O)[C@@H]3C(O)=CC(O)=C[C@@H]3O2)ccc1O. The molecule has 2 heterocycles. The number of ether oxygens (including phenoxy) is 5. The number of esters is 1. The number of rotatable bonds is 6. The van der Waals surface area contributed by atoms with Crippen LogP contribution in [0.4, 0.5) is 0 Å². The first-order valence-electron chi connectivity index (χ1n) is 11.2. The first kappa shape index (κ1) is 26.3. The number of phenols is 1. The Labute approximate surface area is 210 Å². The predicted octanol–water partition coefficient (Wildman–Crippen LogP) is -0.0618. The van der Waals surface area contributed by atoms with Crippen molar-refractivity contribution < 1.29 is 63.9 Å². The lowest BCUT2D eigenvalue weighted by Gasteiger charge is -2.42. The molecule has 13 heteroatoms. The first-order valence-corrected chi connectivity index (χ1v) is 11.2. The Bertz CT molecular complexity index is 1170. The lowest BCUT2D eigenvalue weighted by Crippen LogP contribution is -2.60. The number of hydrogen-bond donors (Lipinski definition) is 6. The summed E-state index contributed by atoms with van der Waals surface area (Å²) in [4.78, 5) is 25.1. The molecule has 0 saturated carbocycles. The molecule has 0 spiro atoms. The molecule has 1 aliphatic carbocycles. The quantitative estimate of drug-likeness (QED) is 0.272. The van der Waals surface area contributed by atoms with Crippen LogP contribution in [0.1, 0.15) is 12.5 Å². The Hall–Kier alpha value is -3.78. The molecule has 37 heavy (non-hydrogen) atoms. The summed E-state index contributed by atoms with van der Waals surface area (Å²) in [5.74, 6) is -4.74. The Morgan fingerprint density at radius 2 is 1.86 bits per heavy atom. The second-order valence-electron chi connectivity index (χ2n) is 8.53. The highest BCUT2D eigenvalue weighted by Gasteiger charge is 2.50. The molecule has 0 aromatic heterocycles. The third-order valence-electron chi connectivity index (χ3n) is 6.04. The highest BCUT2D eigenvalue weighted by atomic mass is 16.7. The summed E-state index contributed by atoms with van der Waals surface area (Å²) < 4.78 is 27.2. The van der Waals surface area contributed by atoms with Gasteiger partial charge in [0.25, 0.3) is 0 Å². The number of fused-ring (bicyclic) bond motifs is 1. The highest BCUT2D eigenvalue weighted by Crippen LogP contribution is 2.41. The Morgan fingerprint density at radius 3 is 2.51 bits per heavy atom. The summed E-state index contributed by atoms with van der Waals surface area (Å²) in [6, 6.07) is 3.99. The van der Waals surface area contributed by atoms with Crippen molar-refractivity contribution in [3.8, 4) is 11.5 Å². The Morgan fingerprint density at radius 1 is 1.14 bits per heavy atom. The first-order chi connectivity index (χ1) is 17.5. The number of carbonyl (C=O) groups excluding carboxylic acids is 2. The van der Waals surface area contributed by atoms with E-state index >= 15 is 0 Å². The van der Waals surface area contributed by atoms with E-state index in [0.29, 0.717) is 0 Å². The molecule has 1 aromatic rings. The van der Waals surface area contributed by atoms with E-state index in [0.717, 1.165) is 13.0 Å². The van der Waals surface area contributed by atoms with Gasteiger partial charge in [-0.25, -0.2) is 0 Å². The van der Waals surface area contributed by atoms with Crippen LogP contribution in [0.15, 0.2) is 47.6 Å². The Balaban J connectivity index is 1.79. The van der Waals surface area contributed by atoms with Crippen molar-refractivity contribution in [2.45, 2.75) is 43.7 Å². The van der Waals surface area contributed by atoms with Crippen LogP contribution >= 0.6 is 0 Å². The van der Waals surface area contributed by atoms with Gasteiger partial charge >= 0.3 is 5.97 Å². The third-order valence-corrected chi connectivity index (χ3v) is 6.04. The van der Waals surface area contributed by atoms with Gasteiger partial charge in [0.2, 0.25) is 17.8 Å². The highest BCUT2D eigenvalue weighted by molar-refractivity contribution is 6.04. The number of aromatic hydroxyl groups is 1. The smallest absolute Gasteiger partial charge is 0.303 e. The average molecular weight is 522 g/mol. The number of benzene rings is 1. The fourth-order valence-electron chi connectivity index (χ4n) is 4.28. The molecule has 6 N–H and O–H groups in total. The largest absolute Gasteiger partial charge is 0.511 e. The number of hydrogen-bond acceptors (Lipinski definition) is 13. The summed E-state index contributed by atoms with van der Waals surface area (Å²) >= 11 is 0. The summed E-state index contributed by atoms with van der Waals surface area (Å²) in [6.07, 6.45) is -7.05. The Kier molecular flexibility index (Phi) is 7.32. The zero-order valence-electron chi connectivity index (χ0n) is 19.7. The van der Waals surface area contributed by atoms with Crippen LogP contribution in [-0.2, 0) is 28.5 Å². The van der Waals surface area contributed by atoms with E-state index in [1.165, 1.54) is 31.4 Å². The average Bonchev–Trinajstić information content (AvgIpc) is 2.84. The third kappa shape index (κ3) is 4.93. The van der Waals surface area contributed by atoms with E-state index in [9.17, 15) is 40.2 Å². The topological polar surface area (TPSA) is 202 Å². The minimum atomic E-state index is -1.81. The maximum absolute atomic E-state index is 13.6. The number of Topliss-reactive ketones (excluding diaryl/α,β-unsaturated/α-hetero) is 1. The molecule has 0 radical (unpaired) electrons. The second-order valence-corrected chi connectivity index (χ2v) is 8.53. The zero-order valence-corrected chi connectivity index (χ0v) is 19.7. The molecule has 1 aromatic carbocycles. The molecule has 13 nitrogen and oxygen atoms in total. The van der Waals surface area contributed by atoms with E-state index in [1.807, 2.05) is 0 Å². The maximum Gasteiger partial charge on any atom is 0.303 e. The fourth-order valence-corrected chi connectivity index (χ4v) is 4.28. The van der Waals surface area contributed by atoms with Crippen molar-refractivity contribution in [2.75, 3.05) is 13.7 Å². The van der Waals surface area contributed by atoms with Gasteiger partial charge in [-0.2, -0.15) is 0 Å². The minimum Gasteiger partial charge on any atom is -0.511 e. The van der Waals surface area contributed by atoms with Gasteiger partial charge in [0.05, 0.1) is 13.7 Å². The monoisotopic (exact) mass is 522 g/mol. The molecule has 7 atom stereocenters. The van der Waals surface area contributed by atoms with Gasteiger partial charge < -0.3 is 54.3 Å². The van der Waals surface area contributed by atoms with E-state index in [1.54, 1.807) is 0 Å². The van der Waals surface area contributed by atoms with Crippen molar-refractivity contribution in [1.29, 1.82) is 0 Å². The van der Waals surface area contributed by atoms with Gasteiger partial charge in [-0.3, -0.25) is 9.59 Å². The molecule has 0 bridgehead atoms. The van der Waals surface area contributed by atoms with Crippen LogP contribution in [0.3, 0.4) is 0 Å². The fraction of sp³-hybridized carbons (Fsp3) is 0.417. The number of ketones is 1. The standard InChI is InChI=1S/C24H26O13/c1-9(26)34-22-18(30)16(8-25)36-24(20(22)32)37-23-19(31)17-13(29)6-11(27)7-15(17)35-21(23)10-3-4-12(28)14(5-10)33-2/h3-7,15-18,20,22,24-25,27-30,32H,8H2,1-2H3/t15-,16+,17+,18+,20+,22-,24-/m0/s1. The molecule has 2 aliphatic heterocycles. The van der Waals surface area contributed by atoms with Crippen LogP contribution in [0, 0.1) is 5.92 Å². The van der Waals surface area contributed by atoms with Crippen LogP contribution in [0.5, 0.6) is 11.5 Å². The van der Waals surface area contributed by atoms with Crippen LogP contribution in [-0.4, -0.2) is 92.9 Å². The van der Waals surface area contributed by atoms with Crippen molar-refractivity contribution in [3.63, 3.8) is 0 Å². The molecule has 0 amide bonds. The van der Waals surface area contributed by atoms with E-state index in [2.05, 4.69) is 0 Å². The van der Waals surface area contributed by atoms with Gasteiger partial charge in [0.1, 0.15) is 35.7 Å². The summed E-state index contributed by atoms with van der Waals surface area (Å²) in [5, 5.41) is 61.0. The minimum absolute atomic E-state index is 0.0274. The van der Waals surface area contributed by atoms with E-state index in [-0.39, 0.29) is 28.6 Å². The predicted molar refractivity (Wildman–Crippen MR) is 121 cm³/mol. The lowest BCUT2D eigenvalue weighted by atomic mass is 9.86. The van der Waals surface area contributed by atoms with Crippen molar-refractivity contribution in [1.82, 2.24) is 0 Å². The summed E-state index contributed by atoms with van der Waals surface area (Å²) in [5.41, 5.74) is 0.180. The number of carbonyl (C=O) groups is 2. The number of allylic oxidation sites excluding steroid dienone is 2. The maximum atomic E-state index is 13.6.